The third kappa shape index (κ3) is 4.53. The number of anilines is 1. The van der Waals surface area contributed by atoms with Crippen LogP contribution in [0.2, 0.25) is 0 Å². The molecular weight excluding hydrogens is 302 g/mol. The highest BCUT2D eigenvalue weighted by Crippen LogP contribution is 2.23. The van der Waals surface area contributed by atoms with Crippen molar-refractivity contribution >= 4 is 17.5 Å². The van der Waals surface area contributed by atoms with Crippen molar-refractivity contribution in [3.8, 4) is 5.75 Å². The fourth-order valence-corrected chi connectivity index (χ4v) is 1.70. The monoisotopic (exact) mass is 319 g/mol. The number of non-ortho nitro benzene ring substituents is 1. The average Bonchev–Trinajstić information content (AvgIpc) is 2.94. The van der Waals surface area contributed by atoms with E-state index in [1.54, 1.807) is 6.07 Å². The van der Waals surface area contributed by atoms with Crippen LogP contribution in [0.3, 0.4) is 0 Å². The summed E-state index contributed by atoms with van der Waals surface area (Å²) < 4.78 is 10.3. The fourth-order valence-electron chi connectivity index (χ4n) is 1.70. The van der Waals surface area contributed by atoms with Gasteiger partial charge >= 0.3 is 0 Å². The summed E-state index contributed by atoms with van der Waals surface area (Å²) in [6.45, 7) is 5.62. The zero-order valence-electron chi connectivity index (χ0n) is 13.0. The maximum Gasteiger partial charge on any atom is 0.273 e. The largest absolute Gasteiger partial charge is 0.484 e. The van der Waals surface area contributed by atoms with Gasteiger partial charge in [0.1, 0.15) is 5.75 Å². The van der Waals surface area contributed by atoms with Crippen LogP contribution in [0.5, 0.6) is 5.75 Å². The summed E-state index contributed by atoms with van der Waals surface area (Å²) in [5.41, 5.74) is 0.423. The van der Waals surface area contributed by atoms with Crippen molar-refractivity contribution in [2.45, 2.75) is 26.2 Å². The molecule has 23 heavy (non-hydrogen) atoms. The Morgan fingerprint density at radius 3 is 2.74 bits per heavy atom. The Kier molecular flexibility index (Phi) is 4.63. The number of hydrogen-bond acceptors (Lipinski definition) is 6. The summed E-state index contributed by atoms with van der Waals surface area (Å²) in [4.78, 5) is 21.9. The van der Waals surface area contributed by atoms with Gasteiger partial charge in [-0.1, -0.05) is 32.0 Å². The second kappa shape index (κ2) is 6.47. The number of nitro benzene ring substituents is 1. The Labute approximate surface area is 132 Å². The molecular formula is C15H17N3O5. The molecule has 0 aliphatic carbocycles. The summed E-state index contributed by atoms with van der Waals surface area (Å²) in [6, 6.07) is 7.25. The fraction of sp³-hybridized carbons (Fsp3) is 0.333. The normalized spacial score (nSPS) is 11.1. The van der Waals surface area contributed by atoms with E-state index in [-0.39, 0.29) is 29.3 Å². The predicted molar refractivity (Wildman–Crippen MR) is 82.4 cm³/mol. The van der Waals surface area contributed by atoms with Crippen molar-refractivity contribution in [1.82, 2.24) is 5.16 Å². The van der Waals surface area contributed by atoms with Crippen molar-refractivity contribution in [3.63, 3.8) is 0 Å². The van der Waals surface area contributed by atoms with E-state index in [9.17, 15) is 14.9 Å². The molecule has 0 unspecified atom stereocenters. The van der Waals surface area contributed by atoms with Crippen LogP contribution >= 0.6 is 0 Å². The van der Waals surface area contributed by atoms with Crippen molar-refractivity contribution < 1.29 is 19.0 Å². The molecule has 1 amide bonds. The number of hydrogen-bond donors (Lipinski definition) is 1. The van der Waals surface area contributed by atoms with Crippen LogP contribution in [-0.4, -0.2) is 22.6 Å². The summed E-state index contributed by atoms with van der Waals surface area (Å²) >= 11 is 0. The molecule has 0 radical (unpaired) electrons. The number of carbonyl (C=O) groups excluding carboxylic acids is 1. The number of nitro groups is 1. The van der Waals surface area contributed by atoms with Gasteiger partial charge in [0, 0.05) is 17.5 Å². The van der Waals surface area contributed by atoms with Gasteiger partial charge in [-0.25, -0.2) is 0 Å². The SMILES string of the molecule is CC(C)(C)c1cc(NC(=O)COc2cccc([N+](=O)[O-])c2)on1. The van der Waals surface area contributed by atoms with Gasteiger partial charge in [0.25, 0.3) is 11.6 Å². The first-order valence-electron chi connectivity index (χ1n) is 6.90. The highest BCUT2D eigenvalue weighted by Gasteiger charge is 2.19. The molecule has 0 fully saturated rings. The lowest BCUT2D eigenvalue weighted by Gasteiger charge is -2.12. The maximum absolute atomic E-state index is 11.8. The molecule has 8 heteroatoms. The standard InChI is InChI=1S/C15H17N3O5/c1-15(2,3)12-8-14(23-17-12)16-13(19)9-22-11-6-4-5-10(7-11)18(20)21/h4-8H,9H2,1-3H3,(H,16,19). The van der Waals surface area contributed by atoms with Gasteiger partial charge in [-0.3, -0.25) is 20.2 Å². The van der Waals surface area contributed by atoms with E-state index in [0.717, 1.165) is 0 Å². The van der Waals surface area contributed by atoms with Crippen molar-refractivity contribution in [2.75, 3.05) is 11.9 Å². The van der Waals surface area contributed by atoms with E-state index in [2.05, 4.69) is 10.5 Å². The number of nitrogens with zero attached hydrogens (tertiary/aromatic N) is 2. The number of carbonyl (C=O) groups is 1. The van der Waals surface area contributed by atoms with Crippen molar-refractivity contribution in [3.05, 3.63) is 46.1 Å². The molecule has 0 spiro atoms. The summed E-state index contributed by atoms with van der Waals surface area (Å²) in [7, 11) is 0. The lowest BCUT2D eigenvalue weighted by molar-refractivity contribution is -0.384. The Morgan fingerprint density at radius 1 is 1.39 bits per heavy atom. The quantitative estimate of drug-likeness (QED) is 0.670. The minimum absolute atomic E-state index is 0.104. The minimum Gasteiger partial charge on any atom is -0.484 e. The molecule has 2 rings (SSSR count). The molecule has 0 saturated carbocycles. The van der Waals surface area contributed by atoms with E-state index >= 15 is 0 Å². The Balaban J connectivity index is 1.91. The number of aromatic nitrogens is 1. The molecule has 0 bridgehead atoms. The number of ether oxygens (including phenoxy) is 1. The summed E-state index contributed by atoms with van der Waals surface area (Å²) in [5.74, 6) is 0.0120. The second-order valence-electron chi connectivity index (χ2n) is 5.92. The summed E-state index contributed by atoms with van der Waals surface area (Å²) in [5, 5.41) is 17.1. The first-order chi connectivity index (χ1) is 10.8. The molecule has 2 aromatic rings. The lowest BCUT2D eigenvalue weighted by atomic mass is 9.92. The van der Waals surface area contributed by atoms with Crippen LogP contribution in [0, 0.1) is 10.1 Å². The summed E-state index contributed by atoms with van der Waals surface area (Å²) in [6.07, 6.45) is 0. The van der Waals surface area contributed by atoms with Crippen LogP contribution < -0.4 is 10.1 Å². The molecule has 0 saturated heterocycles. The van der Waals surface area contributed by atoms with Gasteiger partial charge in [-0.15, -0.1) is 0 Å². The van der Waals surface area contributed by atoms with E-state index in [4.69, 9.17) is 9.26 Å². The second-order valence-corrected chi connectivity index (χ2v) is 5.92. The molecule has 1 heterocycles. The van der Waals surface area contributed by atoms with Gasteiger partial charge < -0.3 is 9.26 Å². The molecule has 0 atom stereocenters. The van der Waals surface area contributed by atoms with Gasteiger partial charge in [0.2, 0.25) is 5.88 Å². The Bertz CT molecular complexity index is 718. The first kappa shape index (κ1) is 16.5. The molecule has 8 nitrogen and oxygen atoms in total. The highest BCUT2D eigenvalue weighted by atomic mass is 16.6. The molecule has 0 aliphatic heterocycles. The number of nitrogens with one attached hydrogen (secondary N) is 1. The third-order valence-corrected chi connectivity index (χ3v) is 2.94. The minimum atomic E-state index is -0.532. The molecule has 1 aromatic carbocycles. The Morgan fingerprint density at radius 2 is 2.13 bits per heavy atom. The van der Waals surface area contributed by atoms with E-state index in [1.165, 1.54) is 24.3 Å². The average molecular weight is 319 g/mol. The van der Waals surface area contributed by atoms with Crippen LogP contribution in [0.25, 0.3) is 0 Å². The lowest BCUT2D eigenvalue weighted by Crippen LogP contribution is -2.20. The smallest absolute Gasteiger partial charge is 0.273 e. The van der Waals surface area contributed by atoms with E-state index < -0.39 is 10.8 Å². The Hall–Kier alpha value is -2.90. The highest BCUT2D eigenvalue weighted by molar-refractivity contribution is 5.90. The topological polar surface area (TPSA) is 108 Å². The van der Waals surface area contributed by atoms with Crippen LogP contribution in [0.15, 0.2) is 34.9 Å². The van der Waals surface area contributed by atoms with Crippen molar-refractivity contribution in [2.24, 2.45) is 0 Å². The maximum atomic E-state index is 11.8. The van der Waals surface area contributed by atoms with Gasteiger partial charge in [0.15, 0.2) is 6.61 Å². The molecule has 1 aromatic heterocycles. The van der Waals surface area contributed by atoms with E-state index in [1.807, 2.05) is 20.8 Å². The van der Waals surface area contributed by atoms with E-state index in [0.29, 0.717) is 5.69 Å². The van der Waals surface area contributed by atoms with Gasteiger partial charge in [0.05, 0.1) is 16.7 Å². The first-order valence-corrected chi connectivity index (χ1v) is 6.90. The van der Waals surface area contributed by atoms with Crippen LogP contribution in [0.1, 0.15) is 26.5 Å². The van der Waals surface area contributed by atoms with Crippen molar-refractivity contribution in [1.29, 1.82) is 0 Å². The number of rotatable bonds is 5. The zero-order valence-corrected chi connectivity index (χ0v) is 13.0. The number of benzene rings is 1. The van der Waals surface area contributed by atoms with Crippen LogP contribution in [-0.2, 0) is 10.2 Å². The van der Waals surface area contributed by atoms with Gasteiger partial charge in [-0.05, 0) is 6.07 Å². The third-order valence-electron chi connectivity index (χ3n) is 2.94. The molecule has 122 valence electrons. The predicted octanol–water partition coefficient (Wildman–Crippen LogP) is 2.90. The molecule has 1 N–H and O–H groups in total. The number of amides is 1. The van der Waals surface area contributed by atoms with Gasteiger partial charge in [-0.2, -0.15) is 0 Å². The van der Waals surface area contributed by atoms with Crippen LogP contribution in [0.4, 0.5) is 11.6 Å². The zero-order chi connectivity index (χ0) is 17.0. The molecule has 0 aliphatic rings.